The number of benzene rings is 1. The topological polar surface area (TPSA) is 87.0 Å². The quantitative estimate of drug-likeness (QED) is 0.790. The second-order valence-electron chi connectivity index (χ2n) is 5.77. The van der Waals surface area contributed by atoms with Gasteiger partial charge in [0.05, 0.1) is 0 Å². The third kappa shape index (κ3) is 2.94. The Morgan fingerprint density at radius 3 is 2.61 bits per heavy atom. The van der Waals surface area contributed by atoms with Gasteiger partial charge in [-0.25, -0.2) is 0 Å². The van der Waals surface area contributed by atoms with E-state index in [1.807, 2.05) is 30.3 Å². The van der Waals surface area contributed by atoms with E-state index in [0.29, 0.717) is 6.42 Å². The van der Waals surface area contributed by atoms with Crippen molar-refractivity contribution in [1.82, 2.24) is 0 Å². The van der Waals surface area contributed by atoms with Crippen molar-refractivity contribution in [1.29, 1.82) is 0 Å². The van der Waals surface area contributed by atoms with Gasteiger partial charge in [0, 0.05) is 6.42 Å². The Bertz CT molecular complexity index is 679. The number of allylic oxidation sites excluding steroid dienone is 1. The zero-order chi connectivity index (χ0) is 16.6. The number of ketones is 1. The summed E-state index contributed by atoms with van der Waals surface area (Å²) in [6.07, 6.45) is -0.402. The van der Waals surface area contributed by atoms with Crippen LogP contribution < -0.4 is 0 Å². The van der Waals surface area contributed by atoms with Crippen molar-refractivity contribution in [3.63, 3.8) is 0 Å². The Labute approximate surface area is 138 Å². The second kappa shape index (κ2) is 6.26. The first-order valence-corrected chi connectivity index (χ1v) is 7.80. The molecule has 1 saturated heterocycles. The summed E-state index contributed by atoms with van der Waals surface area (Å²) >= 11 is 5.97. The Hall–Kier alpha value is -1.98. The van der Waals surface area contributed by atoms with Crippen molar-refractivity contribution >= 4 is 17.4 Å². The molecule has 3 N–H and O–H groups in total. The number of aliphatic hydroxyl groups excluding tert-OH is 3. The fourth-order valence-electron chi connectivity index (χ4n) is 2.96. The van der Waals surface area contributed by atoms with E-state index in [1.165, 1.54) is 0 Å². The van der Waals surface area contributed by atoms with Gasteiger partial charge in [-0.3, -0.25) is 4.79 Å². The first-order valence-electron chi connectivity index (χ1n) is 7.42. The number of ether oxygens (including phenoxy) is 1. The number of fused-ring (bicyclic) bond motifs is 1. The average molecular weight is 337 g/mol. The maximum atomic E-state index is 12.3. The summed E-state index contributed by atoms with van der Waals surface area (Å²) < 4.78 is 5.75. The normalized spacial score (nSPS) is 27.7. The number of aliphatic hydroxyl groups is 3. The number of hydrogen-bond donors (Lipinski definition) is 3. The highest BCUT2D eigenvalue weighted by molar-refractivity contribution is 6.32. The Morgan fingerprint density at radius 1 is 1.22 bits per heavy atom. The number of hydrogen-bond acceptors (Lipinski definition) is 5. The van der Waals surface area contributed by atoms with Gasteiger partial charge in [0.25, 0.3) is 0 Å². The first kappa shape index (κ1) is 15.9. The van der Waals surface area contributed by atoms with Crippen LogP contribution in [-0.2, 0) is 16.0 Å². The van der Waals surface area contributed by atoms with Crippen LogP contribution in [0.2, 0.25) is 0 Å². The van der Waals surface area contributed by atoms with Gasteiger partial charge < -0.3 is 20.1 Å². The monoisotopic (exact) mass is 336 g/mol. The molecule has 6 heteroatoms. The largest absolute Gasteiger partial charge is 0.506 e. The van der Waals surface area contributed by atoms with Crippen LogP contribution >= 0.6 is 11.6 Å². The third-order valence-corrected chi connectivity index (χ3v) is 4.58. The number of rotatable bonds is 3. The highest BCUT2D eigenvalue weighted by atomic mass is 35.5. The molecule has 1 fully saturated rings. The summed E-state index contributed by atoms with van der Waals surface area (Å²) in [5.74, 6) is -2.59. The average Bonchev–Trinajstić information content (AvgIpc) is 2.56. The Morgan fingerprint density at radius 2 is 1.91 bits per heavy atom. The fraction of sp³-hybridized carbons (Fsp3) is 0.353. The molecule has 0 saturated carbocycles. The van der Waals surface area contributed by atoms with Crippen LogP contribution in [0.3, 0.4) is 0 Å². The fourth-order valence-corrected chi connectivity index (χ4v) is 3.22. The first-order chi connectivity index (χ1) is 11.0. The van der Waals surface area contributed by atoms with E-state index in [1.54, 1.807) is 0 Å². The van der Waals surface area contributed by atoms with Gasteiger partial charge in [0.1, 0.15) is 34.7 Å². The molecule has 3 rings (SSSR count). The van der Waals surface area contributed by atoms with Crippen LogP contribution in [0.25, 0.3) is 0 Å². The molecule has 0 spiro atoms. The van der Waals surface area contributed by atoms with Gasteiger partial charge in [-0.1, -0.05) is 41.9 Å². The molecular weight excluding hydrogens is 320 g/mol. The number of halogens is 1. The van der Waals surface area contributed by atoms with Gasteiger partial charge in [0.2, 0.25) is 0 Å². The summed E-state index contributed by atoms with van der Waals surface area (Å²) in [5.41, 5.74) is 1.13. The standard InChI is InChI=1S/C17H17ClO5/c18-13-15(21)16(22)14(20)12-11(19)8-10(23-17(12)13)7-6-9-4-2-1-3-5-9/h1-5,10,12,14,20-22H,6-8H2. The molecule has 1 aromatic carbocycles. The predicted octanol–water partition coefficient (Wildman–Crippen LogP) is 2.75. The van der Waals surface area contributed by atoms with E-state index in [-0.39, 0.29) is 29.1 Å². The molecule has 3 atom stereocenters. The number of aryl methyl sites for hydroxylation is 1. The van der Waals surface area contributed by atoms with Crippen LogP contribution in [0.5, 0.6) is 0 Å². The number of carbonyl (C=O) groups is 1. The smallest absolute Gasteiger partial charge is 0.178 e. The lowest BCUT2D eigenvalue weighted by molar-refractivity contribution is -0.135. The van der Waals surface area contributed by atoms with Crippen LogP contribution in [0.15, 0.2) is 52.6 Å². The van der Waals surface area contributed by atoms with Gasteiger partial charge in [-0.2, -0.15) is 0 Å². The van der Waals surface area contributed by atoms with Crippen LogP contribution in [0.4, 0.5) is 0 Å². The molecule has 0 aromatic heterocycles. The molecule has 2 aliphatic rings. The summed E-state index contributed by atoms with van der Waals surface area (Å²) in [6, 6.07) is 9.82. The van der Waals surface area contributed by atoms with E-state index in [9.17, 15) is 20.1 Å². The van der Waals surface area contributed by atoms with Crippen LogP contribution in [-0.4, -0.2) is 33.3 Å². The minimum atomic E-state index is -1.52. The lowest BCUT2D eigenvalue weighted by Crippen LogP contribution is -2.42. The van der Waals surface area contributed by atoms with Crippen molar-refractivity contribution in [2.75, 3.05) is 0 Å². The molecule has 0 bridgehead atoms. The lowest BCUT2D eigenvalue weighted by atomic mass is 9.83. The van der Waals surface area contributed by atoms with Crippen molar-refractivity contribution < 1.29 is 24.9 Å². The summed E-state index contributed by atoms with van der Waals surface area (Å²) in [7, 11) is 0. The zero-order valence-corrected chi connectivity index (χ0v) is 13.0. The van der Waals surface area contributed by atoms with Gasteiger partial charge in [-0.15, -0.1) is 0 Å². The molecule has 1 aliphatic heterocycles. The third-order valence-electron chi connectivity index (χ3n) is 4.21. The Balaban J connectivity index is 1.77. The molecule has 1 aromatic rings. The molecule has 5 nitrogen and oxygen atoms in total. The molecule has 0 amide bonds. The predicted molar refractivity (Wildman–Crippen MR) is 83.9 cm³/mol. The van der Waals surface area contributed by atoms with Gasteiger partial charge >= 0.3 is 0 Å². The summed E-state index contributed by atoms with van der Waals surface area (Å²) in [6.45, 7) is 0. The summed E-state index contributed by atoms with van der Waals surface area (Å²) in [5, 5.41) is 29.1. The molecular formula is C17H17ClO5. The number of carbonyl (C=O) groups excluding carboxylic acids is 1. The molecule has 3 unspecified atom stereocenters. The van der Waals surface area contributed by atoms with Gasteiger partial charge in [-0.05, 0) is 18.4 Å². The van der Waals surface area contributed by atoms with E-state index < -0.39 is 23.5 Å². The maximum absolute atomic E-state index is 12.3. The molecule has 1 heterocycles. The summed E-state index contributed by atoms with van der Waals surface area (Å²) in [4.78, 5) is 12.3. The molecule has 23 heavy (non-hydrogen) atoms. The van der Waals surface area contributed by atoms with Crippen molar-refractivity contribution in [3.8, 4) is 0 Å². The van der Waals surface area contributed by atoms with E-state index in [4.69, 9.17) is 16.3 Å². The van der Waals surface area contributed by atoms with E-state index in [2.05, 4.69) is 0 Å². The van der Waals surface area contributed by atoms with Crippen molar-refractivity contribution in [2.45, 2.75) is 31.5 Å². The minimum Gasteiger partial charge on any atom is -0.506 e. The van der Waals surface area contributed by atoms with Crippen molar-refractivity contribution in [3.05, 3.63) is 58.2 Å². The SMILES string of the molecule is O=C1CC(CCc2ccccc2)OC2=C(Cl)C(O)=C(O)C(O)C12. The number of Topliss-reactive ketones (excluding diaryl/α,β-unsaturated/α-hetero) is 1. The highest BCUT2D eigenvalue weighted by Crippen LogP contribution is 2.40. The zero-order valence-electron chi connectivity index (χ0n) is 12.3. The molecule has 122 valence electrons. The van der Waals surface area contributed by atoms with Crippen LogP contribution in [0, 0.1) is 5.92 Å². The van der Waals surface area contributed by atoms with Crippen molar-refractivity contribution in [2.24, 2.45) is 5.92 Å². The maximum Gasteiger partial charge on any atom is 0.178 e. The van der Waals surface area contributed by atoms with E-state index in [0.717, 1.165) is 12.0 Å². The minimum absolute atomic E-state index is 0.0452. The van der Waals surface area contributed by atoms with Gasteiger partial charge in [0.15, 0.2) is 11.5 Å². The highest BCUT2D eigenvalue weighted by Gasteiger charge is 2.46. The Kier molecular flexibility index (Phi) is 4.33. The molecule has 1 aliphatic carbocycles. The second-order valence-corrected chi connectivity index (χ2v) is 6.15. The van der Waals surface area contributed by atoms with E-state index >= 15 is 0 Å². The van der Waals surface area contributed by atoms with Crippen LogP contribution in [0.1, 0.15) is 18.4 Å². The molecule has 0 radical (unpaired) electrons. The lowest BCUT2D eigenvalue weighted by Gasteiger charge is -2.36.